The Morgan fingerprint density at radius 2 is 1.82 bits per heavy atom. The minimum Gasteiger partial charge on any atom is -0.445 e. The van der Waals surface area contributed by atoms with Crippen molar-refractivity contribution < 1.29 is 23.4 Å². The van der Waals surface area contributed by atoms with Gasteiger partial charge in [0.25, 0.3) is 5.92 Å². The predicted molar refractivity (Wildman–Crippen MR) is 79.6 cm³/mol. The second-order valence-electron chi connectivity index (χ2n) is 6.12. The minimum atomic E-state index is -3.49. The van der Waals surface area contributed by atoms with Gasteiger partial charge in [0.05, 0.1) is 0 Å². The van der Waals surface area contributed by atoms with Crippen LogP contribution in [-0.4, -0.2) is 28.8 Å². The highest BCUT2D eigenvalue weighted by Crippen LogP contribution is 2.35. The molecule has 1 rings (SSSR count). The van der Waals surface area contributed by atoms with Crippen molar-refractivity contribution in [3.8, 4) is 0 Å². The van der Waals surface area contributed by atoms with Gasteiger partial charge in [0.1, 0.15) is 18.2 Å². The summed E-state index contributed by atoms with van der Waals surface area (Å²) in [5.41, 5.74) is -1.19. The van der Waals surface area contributed by atoms with Crippen LogP contribution in [0.25, 0.3) is 0 Å². The Bertz CT molecular complexity index is 489. The average molecular weight is 315 g/mol. The molecule has 22 heavy (non-hydrogen) atoms. The molecule has 0 aromatic heterocycles. The van der Waals surface area contributed by atoms with Crippen molar-refractivity contribution in [3.63, 3.8) is 0 Å². The highest BCUT2D eigenvalue weighted by Gasteiger charge is 2.54. The zero-order valence-corrected chi connectivity index (χ0v) is 13.3. The van der Waals surface area contributed by atoms with Crippen LogP contribution in [0, 0.1) is 5.92 Å². The maximum absolute atomic E-state index is 14.2. The molecule has 0 bridgehead atoms. The Kier molecular flexibility index (Phi) is 5.88. The third kappa shape index (κ3) is 4.40. The van der Waals surface area contributed by atoms with Gasteiger partial charge in [0.2, 0.25) is 0 Å². The van der Waals surface area contributed by atoms with E-state index in [1.165, 1.54) is 13.8 Å². The Balaban J connectivity index is 2.65. The summed E-state index contributed by atoms with van der Waals surface area (Å²) in [4.78, 5) is 11.7. The van der Waals surface area contributed by atoms with E-state index in [-0.39, 0.29) is 6.61 Å². The highest BCUT2D eigenvalue weighted by molar-refractivity contribution is 5.68. The van der Waals surface area contributed by atoms with Crippen LogP contribution in [0.15, 0.2) is 30.3 Å². The third-order valence-corrected chi connectivity index (χ3v) is 3.46. The monoisotopic (exact) mass is 315 g/mol. The Morgan fingerprint density at radius 3 is 2.32 bits per heavy atom. The molecular formula is C16H23F2NO3. The average Bonchev–Trinajstić information content (AvgIpc) is 2.44. The second-order valence-corrected chi connectivity index (χ2v) is 6.12. The first kappa shape index (κ1) is 18.4. The molecule has 0 heterocycles. The van der Waals surface area contributed by atoms with Gasteiger partial charge in [-0.2, -0.15) is 0 Å². The molecule has 0 radical (unpaired) electrons. The van der Waals surface area contributed by atoms with E-state index in [0.29, 0.717) is 0 Å². The molecule has 6 heteroatoms. The van der Waals surface area contributed by atoms with Gasteiger partial charge >= 0.3 is 6.09 Å². The fourth-order valence-electron chi connectivity index (χ4n) is 1.89. The second kappa shape index (κ2) is 7.05. The van der Waals surface area contributed by atoms with Gasteiger partial charge in [0, 0.05) is 0 Å². The summed E-state index contributed by atoms with van der Waals surface area (Å²) < 4.78 is 33.4. The molecule has 2 N–H and O–H groups in total. The van der Waals surface area contributed by atoms with Crippen molar-refractivity contribution in [1.82, 2.24) is 5.32 Å². The number of rotatable bonds is 6. The third-order valence-electron chi connectivity index (χ3n) is 3.46. The van der Waals surface area contributed by atoms with E-state index in [1.54, 1.807) is 24.3 Å². The number of amides is 1. The first-order valence-electron chi connectivity index (χ1n) is 7.12. The molecule has 1 atom stereocenters. The Hall–Kier alpha value is -1.69. The van der Waals surface area contributed by atoms with E-state index >= 15 is 0 Å². The topological polar surface area (TPSA) is 58.6 Å². The van der Waals surface area contributed by atoms with Crippen LogP contribution in [0.2, 0.25) is 0 Å². The first-order valence-corrected chi connectivity index (χ1v) is 7.12. The predicted octanol–water partition coefficient (Wildman–Crippen LogP) is 3.34. The molecule has 0 aliphatic rings. The van der Waals surface area contributed by atoms with Gasteiger partial charge < -0.3 is 15.2 Å². The van der Waals surface area contributed by atoms with Gasteiger partial charge in [-0.05, 0) is 25.3 Å². The van der Waals surface area contributed by atoms with Crippen LogP contribution in [-0.2, 0) is 11.3 Å². The van der Waals surface area contributed by atoms with Gasteiger partial charge in [-0.1, -0.05) is 44.2 Å². The minimum absolute atomic E-state index is 0.0128. The lowest BCUT2D eigenvalue weighted by Crippen LogP contribution is -2.62. The number of nitrogens with one attached hydrogen (secondary N) is 1. The summed E-state index contributed by atoms with van der Waals surface area (Å²) in [7, 11) is 0. The molecule has 4 nitrogen and oxygen atoms in total. The van der Waals surface area contributed by atoms with E-state index in [0.717, 1.165) is 19.4 Å². The number of carbonyl (C=O) groups is 1. The lowest BCUT2D eigenvalue weighted by Gasteiger charge is -2.38. The summed E-state index contributed by atoms with van der Waals surface area (Å²) in [6, 6.07) is 8.91. The number of alkyl halides is 2. The molecule has 0 aliphatic carbocycles. The maximum atomic E-state index is 14.2. The van der Waals surface area contributed by atoms with E-state index in [4.69, 9.17) is 4.74 Å². The van der Waals surface area contributed by atoms with Crippen molar-refractivity contribution >= 4 is 6.09 Å². The van der Waals surface area contributed by atoms with Crippen molar-refractivity contribution in [1.29, 1.82) is 0 Å². The van der Waals surface area contributed by atoms with Crippen LogP contribution in [0.3, 0.4) is 0 Å². The quantitative estimate of drug-likeness (QED) is 0.846. The van der Waals surface area contributed by atoms with Crippen LogP contribution < -0.4 is 5.32 Å². The normalized spacial score (nSPS) is 13.8. The number of hydrogen-bond acceptors (Lipinski definition) is 3. The summed E-state index contributed by atoms with van der Waals surface area (Å²) in [6.07, 6.45) is -2.82. The lowest BCUT2D eigenvalue weighted by molar-refractivity contribution is -0.170. The Morgan fingerprint density at radius 1 is 1.27 bits per heavy atom. The van der Waals surface area contributed by atoms with Crippen molar-refractivity contribution in [2.45, 2.75) is 51.9 Å². The highest BCUT2D eigenvalue weighted by atomic mass is 19.3. The lowest BCUT2D eigenvalue weighted by atomic mass is 9.87. The largest absolute Gasteiger partial charge is 0.445 e. The molecule has 0 fully saturated rings. The molecule has 124 valence electrons. The van der Waals surface area contributed by atoms with E-state index in [9.17, 15) is 18.7 Å². The van der Waals surface area contributed by atoms with Gasteiger partial charge in [-0.25, -0.2) is 13.6 Å². The first-order chi connectivity index (χ1) is 10.1. The molecule has 1 unspecified atom stereocenters. The van der Waals surface area contributed by atoms with Crippen molar-refractivity contribution in [2.75, 3.05) is 0 Å². The zero-order valence-electron chi connectivity index (χ0n) is 13.3. The van der Waals surface area contributed by atoms with Crippen LogP contribution in [0.5, 0.6) is 0 Å². The molecule has 1 aromatic carbocycles. The fourth-order valence-corrected chi connectivity index (χ4v) is 1.89. The van der Waals surface area contributed by atoms with Crippen LogP contribution >= 0.6 is 0 Å². The molecule has 0 saturated heterocycles. The standard InChI is InChI=1S/C16H23F2NO3/c1-11(2)13(20)16(17,18)15(3,4)19-14(21)22-10-12-8-6-5-7-9-12/h5-9,11,13,20H,10H2,1-4H3,(H,19,21). The number of aliphatic hydroxyl groups excluding tert-OH is 1. The van der Waals surface area contributed by atoms with Crippen molar-refractivity contribution in [3.05, 3.63) is 35.9 Å². The van der Waals surface area contributed by atoms with Gasteiger partial charge in [0.15, 0.2) is 0 Å². The van der Waals surface area contributed by atoms with E-state index in [2.05, 4.69) is 5.32 Å². The number of hydrogen-bond donors (Lipinski definition) is 2. The fraction of sp³-hybridized carbons (Fsp3) is 0.562. The number of halogens is 2. The summed E-state index contributed by atoms with van der Waals surface area (Å²) in [6.45, 7) is 5.27. The molecule has 0 aliphatic heterocycles. The van der Waals surface area contributed by atoms with Crippen LogP contribution in [0.1, 0.15) is 33.3 Å². The van der Waals surface area contributed by atoms with E-state index in [1.807, 2.05) is 6.07 Å². The maximum Gasteiger partial charge on any atom is 0.408 e. The molecule has 0 saturated carbocycles. The van der Waals surface area contributed by atoms with Gasteiger partial charge in [-0.15, -0.1) is 0 Å². The Labute approximate surface area is 129 Å². The van der Waals surface area contributed by atoms with Crippen molar-refractivity contribution in [2.24, 2.45) is 5.92 Å². The molecule has 1 amide bonds. The molecule has 1 aromatic rings. The SMILES string of the molecule is CC(C)C(O)C(F)(F)C(C)(C)NC(=O)OCc1ccccc1. The number of ether oxygens (including phenoxy) is 1. The zero-order chi connectivity index (χ0) is 17.0. The molecule has 0 spiro atoms. The van der Waals surface area contributed by atoms with Crippen LogP contribution in [0.4, 0.5) is 13.6 Å². The smallest absolute Gasteiger partial charge is 0.408 e. The number of alkyl carbamates (subject to hydrolysis) is 1. The number of aliphatic hydroxyl groups is 1. The van der Waals surface area contributed by atoms with Gasteiger partial charge in [-0.3, -0.25) is 0 Å². The summed E-state index contributed by atoms with van der Waals surface area (Å²) in [5.74, 6) is -4.14. The number of carbonyl (C=O) groups excluding carboxylic acids is 1. The molecular weight excluding hydrogens is 292 g/mol. The van der Waals surface area contributed by atoms with E-state index < -0.39 is 29.6 Å². The summed E-state index contributed by atoms with van der Waals surface area (Å²) in [5, 5.41) is 11.8. The summed E-state index contributed by atoms with van der Waals surface area (Å²) >= 11 is 0. The number of benzene rings is 1.